The van der Waals surface area contributed by atoms with Crippen LogP contribution in [0.25, 0.3) is 0 Å². The molecule has 0 spiro atoms. The molecule has 0 aromatic heterocycles. The molecule has 3 heterocycles. The lowest BCUT2D eigenvalue weighted by atomic mass is 10.00. The number of fused-ring (bicyclic) bond motifs is 1. The van der Waals surface area contributed by atoms with Gasteiger partial charge in [-0.1, -0.05) is 0 Å². The van der Waals surface area contributed by atoms with Crippen LogP contribution in [0.15, 0.2) is 0 Å². The third-order valence-electron chi connectivity index (χ3n) is 2.90. The van der Waals surface area contributed by atoms with Crippen LogP contribution in [0.3, 0.4) is 0 Å². The van der Waals surface area contributed by atoms with Crippen LogP contribution in [0, 0.1) is 0 Å². The SMILES string of the molecule is C1C[C@H]([C@H]2OCO[C@@H]3COCO[C@H]23)OO1. The maximum Gasteiger partial charge on any atom is 0.147 e. The van der Waals surface area contributed by atoms with Crippen LogP contribution in [0.2, 0.25) is 0 Å². The van der Waals surface area contributed by atoms with Crippen LogP contribution < -0.4 is 0 Å². The zero-order chi connectivity index (χ0) is 10.1. The topological polar surface area (TPSA) is 55.4 Å². The Kier molecular flexibility index (Phi) is 2.87. The highest BCUT2D eigenvalue weighted by molar-refractivity contribution is 4.88. The minimum Gasteiger partial charge on any atom is -0.353 e. The van der Waals surface area contributed by atoms with E-state index in [4.69, 9.17) is 28.7 Å². The van der Waals surface area contributed by atoms with Crippen molar-refractivity contribution in [3.8, 4) is 0 Å². The molecule has 3 rings (SSSR count). The van der Waals surface area contributed by atoms with Gasteiger partial charge in [-0.2, -0.15) is 0 Å². The van der Waals surface area contributed by atoms with Gasteiger partial charge in [0.25, 0.3) is 0 Å². The van der Waals surface area contributed by atoms with Crippen LogP contribution in [-0.4, -0.2) is 51.2 Å². The maximum absolute atomic E-state index is 5.52. The van der Waals surface area contributed by atoms with E-state index in [9.17, 15) is 0 Å². The molecule has 6 nitrogen and oxygen atoms in total. The van der Waals surface area contributed by atoms with E-state index in [0.29, 0.717) is 13.2 Å². The van der Waals surface area contributed by atoms with E-state index in [0.717, 1.165) is 6.42 Å². The molecule has 0 radical (unpaired) electrons. The van der Waals surface area contributed by atoms with Crippen LogP contribution in [0.4, 0.5) is 0 Å². The molecular weight excluding hydrogens is 204 g/mol. The number of rotatable bonds is 1. The summed E-state index contributed by atoms with van der Waals surface area (Å²) in [5.74, 6) is 0. The summed E-state index contributed by atoms with van der Waals surface area (Å²) in [7, 11) is 0. The van der Waals surface area contributed by atoms with Gasteiger partial charge in [0.2, 0.25) is 0 Å². The molecule has 3 aliphatic heterocycles. The minimum absolute atomic E-state index is 0.0540. The summed E-state index contributed by atoms with van der Waals surface area (Å²) in [4.78, 5) is 10.0. The van der Waals surface area contributed by atoms with E-state index in [1.807, 2.05) is 0 Å². The Labute approximate surface area is 87.3 Å². The number of hydrogen-bond donors (Lipinski definition) is 0. The minimum atomic E-state index is -0.116. The van der Waals surface area contributed by atoms with Crippen LogP contribution in [-0.2, 0) is 28.7 Å². The van der Waals surface area contributed by atoms with Crippen molar-refractivity contribution in [2.45, 2.75) is 30.8 Å². The molecule has 0 N–H and O–H groups in total. The molecule has 15 heavy (non-hydrogen) atoms. The Bertz CT molecular complexity index is 215. The summed E-state index contributed by atoms with van der Waals surface area (Å²) >= 11 is 0. The highest BCUT2D eigenvalue weighted by atomic mass is 17.2. The normalized spacial score (nSPS) is 46.4. The summed E-state index contributed by atoms with van der Waals surface area (Å²) in [5, 5.41) is 0. The van der Waals surface area contributed by atoms with Gasteiger partial charge in [-0.25, -0.2) is 9.78 Å². The van der Waals surface area contributed by atoms with Gasteiger partial charge in [0.05, 0.1) is 13.2 Å². The molecular formula is C9H14O6. The van der Waals surface area contributed by atoms with Gasteiger partial charge in [0, 0.05) is 6.42 Å². The Morgan fingerprint density at radius 2 is 1.73 bits per heavy atom. The lowest BCUT2D eigenvalue weighted by molar-refractivity contribution is -0.347. The highest BCUT2D eigenvalue weighted by Crippen LogP contribution is 2.28. The fourth-order valence-corrected chi connectivity index (χ4v) is 2.13. The Balaban J connectivity index is 1.69. The lowest BCUT2D eigenvalue weighted by Gasteiger charge is -2.41. The van der Waals surface area contributed by atoms with Crippen molar-refractivity contribution in [3.05, 3.63) is 0 Å². The van der Waals surface area contributed by atoms with Gasteiger partial charge in [-0.15, -0.1) is 0 Å². The monoisotopic (exact) mass is 218 g/mol. The summed E-state index contributed by atoms with van der Waals surface area (Å²) in [6, 6.07) is 0. The van der Waals surface area contributed by atoms with Crippen LogP contribution >= 0.6 is 0 Å². The molecule has 0 aromatic carbocycles. The summed E-state index contributed by atoms with van der Waals surface area (Å²) < 4.78 is 21.6. The fourth-order valence-electron chi connectivity index (χ4n) is 2.13. The predicted molar refractivity (Wildman–Crippen MR) is 45.7 cm³/mol. The molecule has 3 saturated heterocycles. The fraction of sp³-hybridized carbons (Fsp3) is 1.00. The third-order valence-corrected chi connectivity index (χ3v) is 2.90. The van der Waals surface area contributed by atoms with Crippen molar-refractivity contribution < 1.29 is 28.7 Å². The molecule has 0 amide bonds. The first-order valence-electron chi connectivity index (χ1n) is 5.16. The molecule has 86 valence electrons. The van der Waals surface area contributed by atoms with E-state index in [2.05, 4.69) is 0 Å². The van der Waals surface area contributed by atoms with Gasteiger partial charge in [0.1, 0.15) is 38.0 Å². The first kappa shape index (κ1) is 9.95. The van der Waals surface area contributed by atoms with Gasteiger partial charge < -0.3 is 18.9 Å². The summed E-state index contributed by atoms with van der Waals surface area (Å²) in [6.07, 6.45) is 0.494. The van der Waals surface area contributed by atoms with Gasteiger partial charge in [-0.3, -0.25) is 0 Å². The van der Waals surface area contributed by atoms with Gasteiger partial charge in [-0.05, 0) is 0 Å². The van der Waals surface area contributed by atoms with Crippen molar-refractivity contribution >= 4 is 0 Å². The molecule has 0 aromatic rings. The van der Waals surface area contributed by atoms with Crippen molar-refractivity contribution in [1.82, 2.24) is 0 Å². The first-order chi connectivity index (χ1) is 7.45. The third kappa shape index (κ3) is 1.89. The number of ether oxygens (including phenoxy) is 4. The first-order valence-corrected chi connectivity index (χ1v) is 5.16. The van der Waals surface area contributed by atoms with Gasteiger partial charge >= 0.3 is 0 Å². The molecule has 6 heteroatoms. The smallest absolute Gasteiger partial charge is 0.147 e. The molecule has 3 fully saturated rings. The zero-order valence-corrected chi connectivity index (χ0v) is 8.29. The Hall–Kier alpha value is -0.240. The Morgan fingerprint density at radius 3 is 2.60 bits per heavy atom. The van der Waals surface area contributed by atoms with E-state index in [1.165, 1.54) is 0 Å². The predicted octanol–water partition coefficient (Wildman–Crippen LogP) is -0.179. The zero-order valence-electron chi connectivity index (χ0n) is 8.29. The van der Waals surface area contributed by atoms with Crippen LogP contribution in [0.5, 0.6) is 0 Å². The second-order valence-corrected chi connectivity index (χ2v) is 3.82. The molecule has 4 atom stereocenters. The van der Waals surface area contributed by atoms with E-state index < -0.39 is 0 Å². The average Bonchev–Trinajstić information content (AvgIpc) is 2.82. The summed E-state index contributed by atoms with van der Waals surface area (Å²) in [6.45, 7) is 1.72. The Morgan fingerprint density at radius 1 is 0.867 bits per heavy atom. The number of hydrogen-bond acceptors (Lipinski definition) is 6. The molecule has 0 saturated carbocycles. The van der Waals surface area contributed by atoms with Crippen molar-refractivity contribution in [2.24, 2.45) is 0 Å². The second-order valence-electron chi connectivity index (χ2n) is 3.82. The van der Waals surface area contributed by atoms with Crippen molar-refractivity contribution in [3.63, 3.8) is 0 Å². The van der Waals surface area contributed by atoms with E-state index in [-0.39, 0.29) is 38.0 Å². The van der Waals surface area contributed by atoms with Crippen molar-refractivity contribution in [2.75, 3.05) is 26.8 Å². The van der Waals surface area contributed by atoms with E-state index >= 15 is 0 Å². The van der Waals surface area contributed by atoms with Crippen molar-refractivity contribution in [1.29, 1.82) is 0 Å². The standard InChI is InChI=1S/C9H14O6/c1-2-14-15-6(1)8-9-7(11-5-13-8)3-10-4-12-9/h6-9H,1-5H2/t6-,7-,8-,9+/m1/s1. The van der Waals surface area contributed by atoms with E-state index in [1.54, 1.807) is 0 Å². The molecule has 3 aliphatic rings. The molecule has 0 aliphatic carbocycles. The average molecular weight is 218 g/mol. The quantitative estimate of drug-likeness (QED) is 0.569. The maximum atomic E-state index is 5.52. The summed E-state index contributed by atoms with van der Waals surface area (Å²) in [5.41, 5.74) is 0. The largest absolute Gasteiger partial charge is 0.353 e. The molecule has 0 bridgehead atoms. The van der Waals surface area contributed by atoms with Gasteiger partial charge in [0.15, 0.2) is 0 Å². The molecule has 0 unspecified atom stereocenters. The lowest BCUT2D eigenvalue weighted by Crippen LogP contribution is -2.56. The second kappa shape index (κ2) is 4.32. The van der Waals surface area contributed by atoms with Crippen LogP contribution in [0.1, 0.15) is 6.42 Å². The highest BCUT2D eigenvalue weighted by Gasteiger charge is 2.44.